The number of nitrogens with one attached hydrogen (secondary N) is 2. The lowest BCUT2D eigenvalue weighted by atomic mass is 10.1. The van der Waals surface area contributed by atoms with Crippen molar-refractivity contribution in [2.24, 2.45) is 0 Å². The maximum absolute atomic E-state index is 12.1. The van der Waals surface area contributed by atoms with E-state index in [1.54, 1.807) is 11.3 Å². The number of halogens is 1. The summed E-state index contributed by atoms with van der Waals surface area (Å²) in [6, 6.07) is 7.83. The first-order chi connectivity index (χ1) is 10.2. The highest BCUT2D eigenvalue weighted by Crippen LogP contribution is 2.21. The number of carbonyl (C=O) groups excluding carboxylic acids is 1. The average molecular weight is 342 g/mol. The Balaban J connectivity index is 0.00000176. The van der Waals surface area contributed by atoms with Gasteiger partial charge in [0.25, 0.3) is 0 Å². The lowest BCUT2D eigenvalue weighted by Gasteiger charge is -2.29. The summed E-state index contributed by atoms with van der Waals surface area (Å²) in [5.41, 5.74) is 1.03. The Labute approximate surface area is 139 Å². The van der Waals surface area contributed by atoms with Crippen molar-refractivity contribution in [3.63, 3.8) is 0 Å². The molecule has 0 radical (unpaired) electrons. The molecular weight excluding hydrogens is 322 g/mol. The van der Waals surface area contributed by atoms with Gasteiger partial charge in [-0.3, -0.25) is 4.79 Å². The Bertz CT molecular complexity index is 601. The number of morpholine rings is 1. The molecule has 0 saturated carbocycles. The van der Waals surface area contributed by atoms with Crippen LogP contribution in [0, 0.1) is 0 Å². The number of carbonyl (C=O) groups is 1. The summed E-state index contributed by atoms with van der Waals surface area (Å²) >= 11 is 1.68. The van der Waals surface area contributed by atoms with Gasteiger partial charge in [-0.1, -0.05) is 12.1 Å². The van der Waals surface area contributed by atoms with Gasteiger partial charge in [-0.2, -0.15) is 0 Å². The van der Waals surface area contributed by atoms with Crippen molar-refractivity contribution in [2.75, 3.05) is 19.7 Å². The van der Waals surface area contributed by atoms with Gasteiger partial charge in [-0.05, 0) is 19.1 Å². The van der Waals surface area contributed by atoms with Crippen LogP contribution in [-0.2, 0) is 16.0 Å². The number of nitrogens with zero attached hydrogens (tertiary/aromatic N) is 1. The number of ether oxygens (including phenoxy) is 1. The third-order valence-corrected chi connectivity index (χ3v) is 4.67. The average Bonchev–Trinajstić information content (AvgIpc) is 2.90. The molecule has 2 N–H and O–H groups in total. The van der Waals surface area contributed by atoms with E-state index in [-0.39, 0.29) is 30.5 Å². The number of amides is 1. The van der Waals surface area contributed by atoms with Crippen molar-refractivity contribution in [2.45, 2.75) is 25.5 Å². The van der Waals surface area contributed by atoms with E-state index in [1.165, 1.54) is 4.70 Å². The van der Waals surface area contributed by atoms with Crippen LogP contribution in [0.3, 0.4) is 0 Å². The quantitative estimate of drug-likeness (QED) is 0.889. The number of thiazole rings is 1. The molecule has 0 bridgehead atoms. The molecule has 1 aromatic carbocycles. The molecule has 22 heavy (non-hydrogen) atoms. The molecule has 1 aliphatic rings. The van der Waals surface area contributed by atoms with Crippen molar-refractivity contribution in [1.82, 2.24) is 15.6 Å². The Morgan fingerprint density at radius 1 is 1.50 bits per heavy atom. The topological polar surface area (TPSA) is 63.2 Å². The second-order valence-electron chi connectivity index (χ2n) is 5.12. The summed E-state index contributed by atoms with van der Waals surface area (Å²) in [6.07, 6.45) is 0.675. The molecule has 0 aliphatic carbocycles. The van der Waals surface area contributed by atoms with Crippen LogP contribution < -0.4 is 10.6 Å². The zero-order valence-electron chi connectivity index (χ0n) is 12.4. The Morgan fingerprint density at radius 3 is 3.09 bits per heavy atom. The first-order valence-corrected chi connectivity index (χ1v) is 8.03. The van der Waals surface area contributed by atoms with Crippen molar-refractivity contribution in [3.8, 4) is 0 Å². The van der Waals surface area contributed by atoms with Crippen LogP contribution in [0.25, 0.3) is 10.2 Å². The minimum atomic E-state index is -0.255. The summed E-state index contributed by atoms with van der Waals surface area (Å²) in [7, 11) is 0. The van der Waals surface area contributed by atoms with Crippen LogP contribution in [-0.4, -0.2) is 42.7 Å². The fourth-order valence-corrected chi connectivity index (χ4v) is 3.42. The van der Waals surface area contributed by atoms with E-state index < -0.39 is 0 Å². The molecule has 1 saturated heterocycles. The van der Waals surface area contributed by atoms with E-state index in [1.807, 2.05) is 25.1 Å². The molecule has 1 aromatic heterocycles. The molecule has 7 heteroatoms. The molecule has 1 amide bonds. The molecule has 1 aliphatic heterocycles. The van der Waals surface area contributed by atoms with E-state index in [4.69, 9.17) is 4.74 Å². The number of fused-ring (bicyclic) bond motifs is 1. The molecule has 5 nitrogen and oxygen atoms in total. The van der Waals surface area contributed by atoms with Crippen molar-refractivity contribution >= 4 is 39.9 Å². The number of aromatic nitrogens is 1. The van der Waals surface area contributed by atoms with Gasteiger partial charge in [-0.25, -0.2) is 4.98 Å². The van der Waals surface area contributed by atoms with Crippen LogP contribution >= 0.6 is 23.7 Å². The van der Waals surface area contributed by atoms with Crippen molar-refractivity contribution in [1.29, 1.82) is 0 Å². The third kappa shape index (κ3) is 3.95. The lowest BCUT2D eigenvalue weighted by molar-refractivity contribution is -0.128. The summed E-state index contributed by atoms with van der Waals surface area (Å²) in [4.78, 5) is 16.7. The van der Waals surface area contributed by atoms with Gasteiger partial charge in [-0.15, -0.1) is 23.7 Å². The Kier molecular flexibility index (Phi) is 6.14. The summed E-state index contributed by atoms with van der Waals surface area (Å²) in [6.45, 7) is 3.91. The van der Waals surface area contributed by atoms with Gasteiger partial charge >= 0.3 is 0 Å². The fraction of sp³-hybridized carbons (Fsp3) is 0.467. The van der Waals surface area contributed by atoms with Gasteiger partial charge in [0.1, 0.15) is 6.04 Å². The molecule has 3 rings (SSSR count). The highest BCUT2D eigenvalue weighted by Gasteiger charge is 2.27. The second-order valence-corrected chi connectivity index (χ2v) is 6.24. The Hall–Kier alpha value is -1.21. The number of benzene rings is 1. The monoisotopic (exact) mass is 341 g/mol. The maximum Gasteiger partial charge on any atom is 0.239 e. The van der Waals surface area contributed by atoms with Crippen LogP contribution in [0.2, 0.25) is 0 Å². The van der Waals surface area contributed by atoms with E-state index in [2.05, 4.69) is 21.7 Å². The first kappa shape index (κ1) is 17.1. The van der Waals surface area contributed by atoms with E-state index in [0.29, 0.717) is 13.2 Å². The molecular formula is C15H20ClN3O2S. The predicted molar refractivity (Wildman–Crippen MR) is 90.8 cm³/mol. The maximum atomic E-state index is 12.1. The van der Waals surface area contributed by atoms with Crippen LogP contribution in [0.4, 0.5) is 0 Å². The highest BCUT2D eigenvalue weighted by molar-refractivity contribution is 7.18. The summed E-state index contributed by atoms with van der Waals surface area (Å²) in [5, 5.41) is 7.20. The molecule has 0 spiro atoms. The molecule has 1 fully saturated rings. The molecule has 2 heterocycles. The predicted octanol–water partition coefficient (Wildman–Crippen LogP) is 1.75. The largest absolute Gasteiger partial charge is 0.375 e. The van der Waals surface area contributed by atoms with Gasteiger partial charge in [0.05, 0.1) is 27.9 Å². The van der Waals surface area contributed by atoms with E-state index >= 15 is 0 Å². The minimum absolute atomic E-state index is 0. The van der Waals surface area contributed by atoms with Gasteiger partial charge in [0, 0.05) is 19.5 Å². The first-order valence-electron chi connectivity index (χ1n) is 7.21. The van der Waals surface area contributed by atoms with Gasteiger partial charge < -0.3 is 15.4 Å². The second kappa shape index (κ2) is 7.87. The molecule has 0 unspecified atom stereocenters. The van der Waals surface area contributed by atoms with Crippen molar-refractivity contribution in [3.05, 3.63) is 29.3 Å². The minimum Gasteiger partial charge on any atom is -0.375 e. The standard InChI is InChI=1S/C15H19N3O2S.ClH/c1-10-14(16-8-9-20-10)15(19)17-7-6-13-18-11-4-2-3-5-12(11)21-13;/h2-5,10,14,16H,6-9H2,1H3,(H,17,19);1H/t10-,14+;/m1./s1. The number of para-hydroxylation sites is 1. The van der Waals surface area contributed by atoms with Gasteiger partial charge in [0.2, 0.25) is 5.91 Å². The zero-order valence-corrected chi connectivity index (χ0v) is 14.0. The van der Waals surface area contributed by atoms with E-state index in [0.717, 1.165) is 23.5 Å². The smallest absolute Gasteiger partial charge is 0.239 e. The lowest BCUT2D eigenvalue weighted by Crippen LogP contribution is -2.55. The van der Waals surface area contributed by atoms with Crippen molar-refractivity contribution < 1.29 is 9.53 Å². The summed E-state index contributed by atoms with van der Waals surface area (Å²) < 4.78 is 6.67. The summed E-state index contributed by atoms with van der Waals surface area (Å²) in [5.74, 6) is 0.00307. The number of hydrogen-bond acceptors (Lipinski definition) is 5. The molecule has 2 atom stereocenters. The zero-order chi connectivity index (χ0) is 14.7. The fourth-order valence-electron chi connectivity index (χ4n) is 2.46. The molecule has 2 aromatic rings. The van der Waals surface area contributed by atoms with Crippen LogP contribution in [0.5, 0.6) is 0 Å². The van der Waals surface area contributed by atoms with Gasteiger partial charge in [0.15, 0.2) is 0 Å². The normalized spacial score (nSPS) is 21.3. The van der Waals surface area contributed by atoms with E-state index in [9.17, 15) is 4.79 Å². The van der Waals surface area contributed by atoms with Crippen LogP contribution in [0.15, 0.2) is 24.3 Å². The SMILES string of the molecule is C[C@H]1OCCN[C@@H]1C(=O)NCCc1nc2ccccc2s1.Cl. The highest BCUT2D eigenvalue weighted by atomic mass is 35.5. The Morgan fingerprint density at radius 2 is 2.32 bits per heavy atom. The number of hydrogen-bond donors (Lipinski definition) is 2. The third-order valence-electron chi connectivity index (χ3n) is 3.58. The number of rotatable bonds is 4. The molecule has 120 valence electrons. The van der Waals surface area contributed by atoms with Crippen LogP contribution in [0.1, 0.15) is 11.9 Å².